The smallest absolute Gasteiger partial charge is 0.255 e. The van der Waals surface area contributed by atoms with Gasteiger partial charge in [-0.2, -0.15) is 5.26 Å². The normalized spacial score (nSPS) is 10.2. The summed E-state index contributed by atoms with van der Waals surface area (Å²) >= 11 is 7.62. The highest BCUT2D eigenvalue weighted by Gasteiger charge is 2.06. The van der Waals surface area contributed by atoms with Gasteiger partial charge >= 0.3 is 0 Å². The molecule has 0 saturated heterocycles. The van der Waals surface area contributed by atoms with E-state index in [-0.39, 0.29) is 5.91 Å². The lowest BCUT2D eigenvalue weighted by atomic mass is 10.1. The number of benzene rings is 3. The van der Waals surface area contributed by atoms with E-state index in [1.807, 2.05) is 72.8 Å². The second-order valence-corrected chi connectivity index (χ2v) is 7.41. The van der Waals surface area contributed by atoms with Gasteiger partial charge in [0.1, 0.15) is 0 Å². The molecule has 1 amide bonds. The van der Waals surface area contributed by atoms with Gasteiger partial charge in [-0.25, -0.2) is 0 Å². The van der Waals surface area contributed by atoms with Crippen LogP contribution < -0.4 is 5.32 Å². The van der Waals surface area contributed by atoms with Crippen LogP contribution in [0, 0.1) is 11.3 Å². The van der Waals surface area contributed by atoms with Crippen LogP contribution in [-0.2, 0) is 12.2 Å². The highest BCUT2D eigenvalue weighted by atomic mass is 35.5. The van der Waals surface area contributed by atoms with E-state index in [1.165, 1.54) is 0 Å². The second kappa shape index (κ2) is 9.27. The summed E-state index contributed by atoms with van der Waals surface area (Å²) in [4.78, 5) is 13.5. The maximum Gasteiger partial charge on any atom is 0.255 e. The summed E-state index contributed by atoms with van der Waals surface area (Å²) in [6.45, 7) is 0. The van der Waals surface area contributed by atoms with Crippen LogP contribution in [0.3, 0.4) is 0 Å². The third kappa shape index (κ3) is 5.62. The monoisotopic (exact) mass is 392 g/mol. The van der Waals surface area contributed by atoms with E-state index >= 15 is 0 Å². The summed E-state index contributed by atoms with van der Waals surface area (Å²) in [7, 11) is 0. The lowest BCUT2D eigenvalue weighted by Gasteiger charge is -2.07. The number of amides is 1. The minimum absolute atomic E-state index is 0.153. The van der Waals surface area contributed by atoms with E-state index < -0.39 is 0 Å². The molecule has 3 aromatic carbocycles. The SMILES string of the molecule is N#CCc1ccc(NC(=O)c2ccc(CSc3ccc(Cl)cc3)cc2)cc1. The van der Waals surface area contributed by atoms with Crippen LogP contribution in [-0.4, -0.2) is 5.91 Å². The number of halogens is 1. The number of thioether (sulfide) groups is 1. The Labute approximate surface area is 168 Å². The number of hydrogen-bond acceptors (Lipinski definition) is 3. The van der Waals surface area contributed by atoms with Crippen molar-refractivity contribution in [1.29, 1.82) is 5.26 Å². The van der Waals surface area contributed by atoms with Gasteiger partial charge in [0.25, 0.3) is 5.91 Å². The quantitative estimate of drug-likeness (QED) is 0.527. The molecular formula is C22H17ClN2OS. The number of anilines is 1. The number of nitrogens with one attached hydrogen (secondary N) is 1. The third-order valence-electron chi connectivity index (χ3n) is 3.93. The molecule has 0 unspecified atom stereocenters. The number of carbonyl (C=O) groups excluding carboxylic acids is 1. The topological polar surface area (TPSA) is 52.9 Å². The van der Waals surface area contributed by atoms with Crippen LogP contribution in [0.25, 0.3) is 0 Å². The van der Waals surface area contributed by atoms with Crippen molar-refractivity contribution in [2.45, 2.75) is 17.1 Å². The Hall–Kier alpha value is -2.74. The molecule has 0 aliphatic carbocycles. The summed E-state index contributed by atoms with van der Waals surface area (Å²) in [6, 6.07) is 24.7. The molecule has 0 aliphatic heterocycles. The fourth-order valence-electron chi connectivity index (χ4n) is 2.45. The van der Waals surface area contributed by atoms with E-state index in [1.54, 1.807) is 11.8 Å². The summed E-state index contributed by atoms with van der Waals surface area (Å²) < 4.78 is 0. The molecule has 0 radical (unpaired) electrons. The fourth-order valence-corrected chi connectivity index (χ4v) is 3.43. The highest BCUT2D eigenvalue weighted by molar-refractivity contribution is 7.98. The van der Waals surface area contributed by atoms with E-state index in [0.29, 0.717) is 17.7 Å². The predicted octanol–water partition coefficient (Wildman–Crippen LogP) is 5.95. The van der Waals surface area contributed by atoms with Crippen LogP contribution in [0.4, 0.5) is 5.69 Å². The van der Waals surface area contributed by atoms with Crippen molar-refractivity contribution in [3.8, 4) is 6.07 Å². The van der Waals surface area contributed by atoms with E-state index in [0.717, 1.165) is 26.8 Å². The lowest BCUT2D eigenvalue weighted by molar-refractivity contribution is 0.102. The zero-order chi connectivity index (χ0) is 19.1. The summed E-state index contributed by atoms with van der Waals surface area (Å²) in [6.07, 6.45) is 0.365. The number of carbonyl (C=O) groups is 1. The van der Waals surface area contributed by atoms with Crippen molar-refractivity contribution < 1.29 is 4.79 Å². The number of nitrogens with zero attached hydrogens (tertiary/aromatic N) is 1. The van der Waals surface area contributed by atoms with Crippen molar-refractivity contribution in [2.24, 2.45) is 0 Å². The lowest BCUT2D eigenvalue weighted by Crippen LogP contribution is -2.11. The Balaban J connectivity index is 1.56. The molecule has 0 aromatic heterocycles. The Morgan fingerprint density at radius 3 is 2.19 bits per heavy atom. The maximum atomic E-state index is 12.4. The molecule has 0 bridgehead atoms. The Morgan fingerprint density at radius 2 is 1.56 bits per heavy atom. The molecule has 0 fully saturated rings. The van der Waals surface area contributed by atoms with Gasteiger partial charge < -0.3 is 5.32 Å². The van der Waals surface area contributed by atoms with E-state index in [4.69, 9.17) is 16.9 Å². The predicted molar refractivity (Wildman–Crippen MR) is 111 cm³/mol. The average Bonchev–Trinajstić information content (AvgIpc) is 2.70. The van der Waals surface area contributed by atoms with Crippen LogP contribution >= 0.6 is 23.4 Å². The fraction of sp³-hybridized carbons (Fsp3) is 0.0909. The number of nitriles is 1. The number of hydrogen-bond donors (Lipinski definition) is 1. The highest BCUT2D eigenvalue weighted by Crippen LogP contribution is 2.24. The summed E-state index contributed by atoms with van der Waals surface area (Å²) in [5.74, 6) is 0.670. The van der Waals surface area contributed by atoms with Gasteiger partial charge in [-0.15, -0.1) is 11.8 Å². The molecule has 27 heavy (non-hydrogen) atoms. The van der Waals surface area contributed by atoms with Crippen molar-refractivity contribution >= 4 is 35.0 Å². The molecule has 0 aliphatic rings. The van der Waals surface area contributed by atoms with E-state index in [2.05, 4.69) is 11.4 Å². The molecule has 0 spiro atoms. The zero-order valence-corrected chi connectivity index (χ0v) is 16.1. The van der Waals surface area contributed by atoms with E-state index in [9.17, 15) is 4.79 Å². The molecule has 0 heterocycles. The van der Waals surface area contributed by atoms with Crippen molar-refractivity contribution in [2.75, 3.05) is 5.32 Å². The maximum absolute atomic E-state index is 12.4. The van der Waals surface area contributed by atoms with Gasteiger partial charge in [-0.3, -0.25) is 4.79 Å². The molecular weight excluding hydrogens is 376 g/mol. The number of rotatable bonds is 6. The molecule has 134 valence electrons. The molecule has 0 saturated carbocycles. The Morgan fingerprint density at radius 1 is 0.926 bits per heavy atom. The summed E-state index contributed by atoms with van der Waals surface area (Å²) in [5.41, 5.74) is 3.39. The molecule has 3 nitrogen and oxygen atoms in total. The van der Waals surface area contributed by atoms with Gasteiger partial charge in [-0.05, 0) is 59.7 Å². The van der Waals surface area contributed by atoms with Gasteiger partial charge in [0.2, 0.25) is 0 Å². The first kappa shape index (κ1) is 19.0. The van der Waals surface area contributed by atoms with Gasteiger partial charge in [0.05, 0.1) is 12.5 Å². The Bertz CT molecular complexity index is 946. The van der Waals surface area contributed by atoms with Crippen molar-refractivity contribution in [1.82, 2.24) is 0 Å². The largest absolute Gasteiger partial charge is 0.322 e. The van der Waals surface area contributed by atoms with Gasteiger partial charge in [0, 0.05) is 26.9 Å². The first-order valence-corrected chi connectivity index (χ1v) is 9.75. The average molecular weight is 393 g/mol. The third-order valence-corrected chi connectivity index (χ3v) is 5.27. The molecule has 1 N–H and O–H groups in total. The molecule has 0 atom stereocenters. The van der Waals surface area contributed by atoms with Crippen molar-refractivity contribution in [3.05, 3.63) is 94.5 Å². The second-order valence-electron chi connectivity index (χ2n) is 5.93. The molecule has 3 aromatic rings. The van der Waals surface area contributed by atoms with Crippen LogP contribution in [0.2, 0.25) is 5.02 Å². The van der Waals surface area contributed by atoms with Crippen LogP contribution in [0.15, 0.2) is 77.7 Å². The molecule has 5 heteroatoms. The van der Waals surface area contributed by atoms with Gasteiger partial charge in [0.15, 0.2) is 0 Å². The minimum atomic E-state index is -0.153. The Kier molecular flexibility index (Phi) is 6.54. The molecule has 3 rings (SSSR count). The van der Waals surface area contributed by atoms with Crippen molar-refractivity contribution in [3.63, 3.8) is 0 Å². The van der Waals surface area contributed by atoms with Crippen LogP contribution in [0.5, 0.6) is 0 Å². The minimum Gasteiger partial charge on any atom is -0.322 e. The first-order valence-electron chi connectivity index (χ1n) is 8.38. The standard InChI is InChI=1S/C22H17ClN2OS/c23-19-7-11-21(12-8-19)27-15-17-1-5-18(6-2-17)22(26)25-20-9-3-16(4-10-20)13-14-24/h1-12H,13,15H2,(H,25,26). The first-order chi connectivity index (χ1) is 13.1. The summed E-state index contributed by atoms with van der Waals surface area (Å²) in [5, 5.41) is 12.3. The van der Waals surface area contributed by atoms with Crippen LogP contribution in [0.1, 0.15) is 21.5 Å². The zero-order valence-electron chi connectivity index (χ0n) is 14.5. The van der Waals surface area contributed by atoms with Gasteiger partial charge in [-0.1, -0.05) is 35.9 Å².